The van der Waals surface area contributed by atoms with Crippen LogP contribution in [0, 0.1) is 10.8 Å². The minimum Gasteiger partial charge on any atom is -0.482 e. The van der Waals surface area contributed by atoms with Crippen LogP contribution in [0.1, 0.15) is 66.9 Å². The molecule has 0 bridgehead atoms. The number of carbonyl (C=O) groups excluding carboxylic acids is 1. The van der Waals surface area contributed by atoms with E-state index in [1.165, 1.54) is 6.07 Å². The fraction of sp³-hybridized carbons (Fsp3) is 0.593. The van der Waals surface area contributed by atoms with E-state index in [2.05, 4.69) is 59.3 Å². The summed E-state index contributed by atoms with van der Waals surface area (Å²) in [6.07, 6.45) is -13.8. The van der Waals surface area contributed by atoms with E-state index >= 15 is 0 Å². The SMILES string of the molecule is CCC(C)(C)CC(C)(c1ccc2cc(OCC(=O)OC(C(F)(F)F)C(F)(F)F)ccc2c1)C(C)(C)C. The summed E-state index contributed by atoms with van der Waals surface area (Å²) >= 11 is 0. The number of esters is 1. The van der Waals surface area contributed by atoms with Crippen molar-refractivity contribution in [3.05, 3.63) is 42.0 Å². The van der Waals surface area contributed by atoms with Gasteiger partial charge in [-0.25, -0.2) is 4.79 Å². The zero-order valence-electron chi connectivity index (χ0n) is 21.7. The molecule has 0 aliphatic carbocycles. The first kappa shape index (κ1) is 29.8. The molecule has 0 saturated carbocycles. The highest BCUT2D eigenvalue weighted by Crippen LogP contribution is 2.50. The minimum atomic E-state index is -5.78. The molecule has 0 spiro atoms. The first-order valence-electron chi connectivity index (χ1n) is 11.7. The molecule has 0 aliphatic rings. The molecule has 0 radical (unpaired) electrons. The molecule has 2 rings (SSSR count). The number of benzene rings is 2. The fourth-order valence-corrected chi connectivity index (χ4v) is 4.17. The molecular weight excluding hydrogens is 486 g/mol. The van der Waals surface area contributed by atoms with Crippen LogP contribution in [-0.4, -0.2) is 31.0 Å². The number of ether oxygens (including phenoxy) is 2. The fourth-order valence-electron chi connectivity index (χ4n) is 4.17. The number of alkyl halides is 6. The molecule has 0 aromatic heterocycles. The summed E-state index contributed by atoms with van der Waals surface area (Å²) in [4.78, 5) is 11.6. The average Bonchev–Trinajstić information content (AvgIpc) is 2.72. The van der Waals surface area contributed by atoms with Crippen molar-refractivity contribution >= 4 is 16.7 Å². The topological polar surface area (TPSA) is 35.5 Å². The normalized spacial score (nSPS) is 15.2. The zero-order valence-corrected chi connectivity index (χ0v) is 21.7. The lowest BCUT2D eigenvalue weighted by atomic mass is 9.57. The predicted molar refractivity (Wildman–Crippen MR) is 127 cm³/mol. The third-order valence-corrected chi connectivity index (χ3v) is 7.09. The zero-order chi connectivity index (χ0) is 27.7. The van der Waals surface area contributed by atoms with Crippen molar-refractivity contribution in [3.8, 4) is 5.75 Å². The molecule has 9 heteroatoms. The van der Waals surface area contributed by atoms with Gasteiger partial charge in [-0.2, -0.15) is 26.3 Å². The Morgan fingerprint density at radius 1 is 0.833 bits per heavy atom. The third kappa shape index (κ3) is 7.07. The largest absolute Gasteiger partial charge is 0.482 e. The summed E-state index contributed by atoms with van der Waals surface area (Å²) in [5.74, 6) is -1.65. The van der Waals surface area contributed by atoms with Crippen LogP contribution in [0.3, 0.4) is 0 Å². The summed E-state index contributed by atoms with van der Waals surface area (Å²) in [5.41, 5.74) is 1.10. The highest BCUT2D eigenvalue weighted by Gasteiger charge is 2.59. The van der Waals surface area contributed by atoms with Gasteiger partial charge in [0.1, 0.15) is 5.75 Å². The van der Waals surface area contributed by atoms with Gasteiger partial charge in [-0.1, -0.05) is 79.2 Å². The van der Waals surface area contributed by atoms with Crippen LogP contribution >= 0.6 is 0 Å². The molecule has 0 heterocycles. The number of hydrogen-bond acceptors (Lipinski definition) is 3. The van der Waals surface area contributed by atoms with E-state index in [1.54, 1.807) is 12.1 Å². The van der Waals surface area contributed by atoms with Gasteiger partial charge in [0.05, 0.1) is 0 Å². The summed E-state index contributed by atoms with van der Waals surface area (Å²) in [6, 6.07) is 10.8. The lowest BCUT2D eigenvalue weighted by molar-refractivity contribution is -0.313. The van der Waals surface area contributed by atoms with Gasteiger partial charge in [-0.15, -0.1) is 0 Å². The number of carbonyl (C=O) groups is 1. The van der Waals surface area contributed by atoms with Crippen molar-refractivity contribution in [2.45, 2.75) is 85.2 Å². The van der Waals surface area contributed by atoms with Gasteiger partial charge < -0.3 is 9.47 Å². The Kier molecular flexibility index (Phi) is 8.38. The monoisotopic (exact) mass is 520 g/mol. The molecule has 1 unspecified atom stereocenters. The van der Waals surface area contributed by atoms with Crippen LogP contribution < -0.4 is 4.74 Å². The molecule has 1 atom stereocenters. The molecule has 0 saturated heterocycles. The second kappa shape index (κ2) is 10.1. The van der Waals surface area contributed by atoms with E-state index in [0.29, 0.717) is 0 Å². The van der Waals surface area contributed by atoms with Gasteiger partial charge in [0.25, 0.3) is 6.10 Å². The first-order valence-corrected chi connectivity index (χ1v) is 11.7. The lowest BCUT2D eigenvalue weighted by Gasteiger charge is -2.47. The molecule has 36 heavy (non-hydrogen) atoms. The van der Waals surface area contributed by atoms with Crippen molar-refractivity contribution in [3.63, 3.8) is 0 Å². The van der Waals surface area contributed by atoms with Crippen LogP contribution in [0.25, 0.3) is 10.8 Å². The Balaban J connectivity index is 2.24. The second-order valence-electron chi connectivity index (χ2n) is 11.2. The summed E-state index contributed by atoms with van der Waals surface area (Å²) in [5, 5.41) is 1.64. The van der Waals surface area contributed by atoms with Crippen LogP contribution in [0.2, 0.25) is 0 Å². The molecule has 2 aromatic carbocycles. The first-order chi connectivity index (χ1) is 16.2. The van der Waals surface area contributed by atoms with Crippen molar-refractivity contribution in [2.24, 2.45) is 10.8 Å². The molecule has 0 amide bonds. The Labute approximate surface area is 208 Å². The second-order valence-corrected chi connectivity index (χ2v) is 11.2. The van der Waals surface area contributed by atoms with E-state index < -0.39 is 31.0 Å². The Bertz CT molecular complexity index is 1050. The van der Waals surface area contributed by atoms with E-state index in [1.807, 2.05) is 12.1 Å². The van der Waals surface area contributed by atoms with Crippen molar-refractivity contribution in [1.29, 1.82) is 0 Å². The predicted octanol–water partition coefficient (Wildman–Crippen LogP) is 8.39. The van der Waals surface area contributed by atoms with Crippen LogP contribution in [0.15, 0.2) is 36.4 Å². The molecule has 0 fully saturated rings. The van der Waals surface area contributed by atoms with E-state index in [9.17, 15) is 31.1 Å². The number of halogens is 6. The highest BCUT2D eigenvalue weighted by atomic mass is 19.4. The Hall–Kier alpha value is -2.45. The summed E-state index contributed by atoms with van der Waals surface area (Å²) < 4.78 is 84.2. The molecule has 0 N–H and O–H groups in total. The van der Waals surface area contributed by atoms with Crippen LogP contribution in [-0.2, 0) is 14.9 Å². The summed E-state index contributed by atoms with van der Waals surface area (Å²) in [6.45, 7) is 14.5. The smallest absolute Gasteiger partial charge is 0.434 e. The molecular formula is C27H34F6O3. The molecule has 3 nitrogen and oxygen atoms in total. The standard InChI is InChI=1S/C27H34F6O3/c1-8-24(5,6)16-25(7,23(2,3)4)19-11-9-18-14-20(12-10-17(18)13-19)35-15-21(34)36-22(26(28,29)30)27(31,32)33/h9-14,22H,8,15-16H2,1-7H3. The highest BCUT2D eigenvalue weighted by molar-refractivity contribution is 5.85. The molecule has 0 aliphatic heterocycles. The molecule has 2 aromatic rings. The van der Waals surface area contributed by atoms with Gasteiger partial charge in [0.15, 0.2) is 6.61 Å². The lowest BCUT2D eigenvalue weighted by Crippen LogP contribution is -2.46. The number of fused-ring (bicyclic) bond motifs is 1. The average molecular weight is 521 g/mol. The third-order valence-electron chi connectivity index (χ3n) is 7.09. The van der Waals surface area contributed by atoms with E-state index in [4.69, 9.17) is 4.74 Å². The Morgan fingerprint density at radius 2 is 1.36 bits per heavy atom. The van der Waals surface area contributed by atoms with Crippen molar-refractivity contribution in [1.82, 2.24) is 0 Å². The van der Waals surface area contributed by atoms with Gasteiger partial charge >= 0.3 is 18.3 Å². The maximum Gasteiger partial charge on any atom is 0.434 e. The Morgan fingerprint density at radius 3 is 1.86 bits per heavy atom. The van der Waals surface area contributed by atoms with E-state index in [-0.39, 0.29) is 22.0 Å². The van der Waals surface area contributed by atoms with Gasteiger partial charge in [0.2, 0.25) is 0 Å². The van der Waals surface area contributed by atoms with Gasteiger partial charge in [-0.05, 0) is 51.1 Å². The van der Waals surface area contributed by atoms with Crippen LogP contribution in [0.5, 0.6) is 5.75 Å². The minimum absolute atomic E-state index is 0.0405. The van der Waals surface area contributed by atoms with Gasteiger partial charge in [-0.3, -0.25) is 0 Å². The maximum atomic E-state index is 12.6. The number of rotatable bonds is 8. The summed E-state index contributed by atoms with van der Waals surface area (Å²) in [7, 11) is 0. The maximum absolute atomic E-state index is 12.6. The van der Waals surface area contributed by atoms with Crippen LogP contribution in [0.4, 0.5) is 26.3 Å². The molecule has 202 valence electrons. The quantitative estimate of drug-likeness (QED) is 0.259. The van der Waals surface area contributed by atoms with Crippen molar-refractivity contribution in [2.75, 3.05) is 6.61 Å². The van der Waals surface area contributed by atoms with Gasteiger partial charge in [0, 0.05) is 0 Å². The van der Waals surface area contributed by atoms with E-state index in [0.717, 1.165) is 29.2 Å². The van der Waals surface area contributed by atoms with Crippen molar-refractivity contribution < 1.29 is 40.6 Å². The number of hydrogen-bond donors (Lipinski definition) is 0.